The first-order valence-electron chi connectivity index (χ1n) is 7.80. The van der Waals surface area contributed by atoms with Crippen molar-refractivity contribution < 1.29 is 9.53 Å². The summed E-state index contributed by atoms with van der Waals surface area (Å²) in [4.78, 5) is 16.7. The number of hydrogen-bond acceptors (Lipinski definition) is 5. The predicted octanol–water partition coefficient (Wildman–Crippen LogP) is 4.76. The van der Waals surface area contributed by atoms with Crippen molar-refractivity contribution in [3.05, 3.63) is 64.7 Å². The van der Waals surface area contributed by atoms with E-state index in [1.165, 1.54) is 11.3 Å². The average molecular weight is 353 g/mol. The molecule has 0 bridgehead atoms. The normalized spacial score (nSPS) is 10.4. The van der Waals surface area contributed by atoms with Crippen molar-refractivity contribution >= 4 is 33.8 Å². The van der Waals surface area contributed by atoms with Crippen LogP contribution >= 0.6 is 11.3 Å². The summed E-state index contributed by atoms with van der Waals surface area (Å²) in [7, 11) is 1.62. The molecule has 1 amide bonds. The minimum Gasteiger partial charge on any atom is -0.495 e. The van der Waals surface area contributed by atoms with Gasteiger partial charge in [-0.3, -0.25) is 4.79 Å². The number of aromatic nitrogens is 1. The van der Waals surface area contributed by atoms with Crippen molar-refractivity contribution in [2.24, 2.45) is 0 Å². The van der Waals surface area contributed by atoms with E-state index < -0.39 is 0 Å². The van der Waals surface area contributed by atoms with Gasteiger partial charge < -0.3 is 15.4 Å². The van der Waals surface area contributed by atoms with Gasteiger partial charge in [0.15, 0.2) is 5.13 Å². The van der Waals surface area contributed by atoms with E-state index in [9.17, 15) is 4.79 Å². The minimum absolute atomic E-state index is 0.232. The van der Waals surface area contributed by atoms with Gasteiger partial charge in [-0.15, -0.1) is 11.3 Å². The Kier molecular flexibility index (Phi) is 5.00. The Morgan fingerprint density at radius 2 is 1.80 bits per heavy atom. The third-order valence-corrected chi connectivity index (χ3v) is 4.40. The van der Waals surface area contributed by atoms with Crippen LogP contribution in [0.25, 0.3) is 0 Å². The number of carbonyl (C=O) groups excluding carboxylic acids is 1. The van der Waals surface area contributed by atoms with Crippen LogP contribution in [-0.4, -0.2) is 18.0 Å². The average Bonchev–Trinajstić information content (AvgIpc) is 3.06. The molecule has 0 saturated carbocycles. The maximum atomic E-state index is 12.3. The van der Waals surface area contributed by atoms with Crippen molar-refractivity contribution in [3.8, 4) is 5.75 Å². The lowest BCUT2D eigenvalue weighted by atomic mass is 10.2. The molecule has 0 aliphatic carbocycles. The summed E-state index contributed by atoms with van der Waals surface area (Å²) in [6.45, 7) is 4.01. The first-order valence-corrected chi connectivity index (χ1v) is 8.68. The number of thiazole rings is 1. The van der Waals surface area contributed by atoms with E-state index in [4.69, 9.17) is 4.74 Å². The maximum Gasteiger partial charge on any atom is 0.275 e. The maximum absolute atomic E-state index is 12.3. The van der Waals surface area contributed by atoms with Crippen molar-refractivity contribution in [2.75, 3.05) is 17.7 Å². The Balaban J connectivity index is 1.73. The van der Waals surface area contributed by atoms with E-state index in [-0.39, 0.29) is 5.91 Å². The SMILES string of the molecule is COc1ccc(C)cc1Nc1nc(C(=O)Nc2ccc(C)cc2)cs1. The minimum atomic E-state index is -0.232. The first-order chi connectivity index (χ1) is 12.0. The lowest BCUT2D eigenvalue weighted by molar-refractivity contribution is 0.102. The Hall–Kier alpha value is -2.86. The number of amides is 1. The molecule has 6 heteroatoms. The van der Waals surface area contributed by atoms with Crippen LogP contribution in [0.3, 0.4) is 0 Å². The molecule has 3 rings (SSSR count). The molecule has 1 aromatic heterocycles. The zero-order chi connectivity index (χ0) is 17.8. The molecule has 2 aromatic carbocycles. The molecule has 0 saturated heterocycles. The van der Waals surface area contributed by atoms with Gasteiger partial charge >= 0.3 is 0 Å². The molecule has 0 fully saturated rings. The standard InChI is InChI=1S/C19H19N3O2S/c1-12-4-7-14(8-5-12)20-18(23)16-11-25-19(22-16)21-15-10-13(2)6-9-17(15)24-3/h4-11H,1-3H3,(H,20,23)(H,21,22). The predicted molar refractivity (Wildman–Crippen MR) is 102 cm³/mol. The summed E-state index contributed by atoms with van der Waals surface area (Å²) >= 11 is 1.37. The van der Waals surface area contributed by atoms with Gasteiger partial charge in [-0.2, -0.15) is 0 Å². The molecular formula is C19H19N3O2S. The highest BCUT2D eigenvalue weighted by atomic mass is 32.1. The van der Waals surface area contributed by atoms with E-state index in [0.717, 1.165) is 28.3 Å². The molecular weight excluding hydrogens is 334 g/mol. The molecule has 2 N–H and O–H groups in total. The quantitative estimate of drug-likeness (QED) is 0.694. The van der Waals surface area contributed by atoms with Crippen molar-refractivity contribution in [2.45, 2.75) is 13.8 Å². The van der Waals surface area contributed by atoms with Gasteiger partial charge in [0, 0.05) is 11.1 Å². The fourth-order valence-corrected chi connectivity index (χ4v) is 3.01. The number of methoxy groups -OCH3 is 1. The summed E-state index contributed by atoms with van der Waals surface area (Å²) in [6, 6.07) is 13.5. The Bertz CT molecular complexity index is 888. The van der Waals surface area contributed by atoms with Gasteiger partial charge in [0.25, 0.3) is 5.91 Å². The Morgan fingerprint density at radius 1 is 1.08 bits per heavy atom. The molecule has 1 heterocycles. The van der Waals surface area contributed by atoms with E-state index in [1.54, 1.807) is 12.5 Å². The number of hydrogen-bond donors (Lipinski definition) is 2. The zero-order valence-electron chi connectivity index (χ0n) is 14.3. The number of aryl methyl sites for hydroxylation is 2. The number of anilines is 3. The van der Waals surface area contributed by atoms with Crippen molar-refractivity contribution in [1.29, 1.82) is 0 Å². The third kappa shape index (κ3) is 4.16. The van der Waals surface area contributed by atoms with Crippen LogP contribution in [0, 0.1) is 13.8 Å². The number of rotatable bonds is 5. The van der Waals surface area contributed by atoms with Crippen LogP contribution in [-0.2, 0) is 0 Å². The van der Waals surface area contributed by atoms with Crippen LogP contribution in [0.15, 0.2) is 47.8 Å². The molecule has 0 unspecified atom stereocenters. The van der Waals surface area contributed by atoms with Crippen LogP contribution in [0.5, 0.6) is 5.75 Å². The molecule has 3 aromatic rings. The second-order valence-corrected chi connectivity index (χ2v) is 6.54. The molecule has 0 spiro atoms. The fraction of sp³-hybridized carbons (Fsp3) is 0.158. The molecule has 0 aliphatic heterocycles. The van der Waals surface area contributed by atoms with Gasteiger partial charge in [-0.1, -0.05) is 23.8 Å². The van der Waals surface area contributed by atoms with Gasteiger partial charge in [-0.25, -0.2) is 4.98 Å². The highest BCUT2D eigenvalue weighted by Crippen LogP contribution is 2.30. The molecule has 0 aliphatic rings. The highest BCUT2D eigenvalue weighted by molar-refractivity contribution is 7.14. The first kappa shape index (κ1) is 17.0. The zero-order valence-corrected chi connectivity index (χ0v) is 15.1. The van der Waals surface area contributed by atoms with E-state index >= 15 is 0 Å². The number of ether oxygens (including phenoxy) is 1. The van der Waals surface area contributed by atoms with Crippen LogP contribution in [0.2, 0.25) is 0 Å². The van der Waals surface area contributed by atoms with Crippen molar-refractivity contribution in [3.63, 3.8) is 0 Å². The van der Waals surface area contributed by atoms with E-state index in [2.05, 4.69) is 15.6 Å². The molecule has 0 radical (unpaired) electrons. The second kappa shape index (κ2) is 7.36. The highest BCUT2D eigenvalue weighted by Gasteiger charge is 2.12. The monoisotopic (exact) mass is 353 g/mol. The van der Waals surface area contributed by atoms with Gasteiger partial charge in [0.05, 0.1) is 12.8 Å². The smallest absolute Gasteiger partial charge is 0.275 e. The number of nitrogens with one attached hydrogen (secondary N) is 2. The Morgan fingerprint density at radius 3 is 2.52 bits per heavy atom. The molecule has 25 heavy (non-hydrogen) atoms. The van der Waals surface area contributed by atoms with Crippen LogP contribution in [0.4, 0.5) is 16.5 Å². The fourth-order valence-electron chi connectivity index (χ4n) is 2.30. The molecule has 5 nitrogen and oxygen atoms in total. The van der Waals surface area contributed by atoms with Crippen LogP contribution in [0.1, 0.15) is 21.6 Å². The number of carbonyl (C=O) groups is 1. The third-order valence-electron chi connectivity index (χ3n) is 3.64. The van der Waals surface area contributed by atoms with E-state index in [0.29, 0.717) is 10.8 Å². The van der Waals surface area contributed by atoms with E-state index in [1.807, 2.05) is 56.3 Å². The van der Waals surface area contributed by atoms with Gasteiger partial charge in [0.2, 0.25) is 0 Å². The summed E-state index contributed by atoms with van der Waals surface area (Å²) in [5.41, 5.74) is 4.20. The lowest BCUT2D eigenvalue weighted by Gasteiger charge is -2.09. The topological polar surface area (TPSA) is 63.2 Å². The second-order valence-electron chi connectivity index (χ2n) is 5.69. The number of nitrogens with zero attached hydrogens (tertiary/aromatic N) is 1. The van der Waals surface area contributed by atoms with Crippen molar-refractivity contribution in [1.82, 2.24) is 4.98 Å². The summed E-state index contributed by atoms with van der Waals surface area (Å²) in [5, 5.41) is 8.43. The summed E-state index contributed by atoms with van der Waals surface area (Å²) in [6.07, 6.45) is 0. The van der Waals surface area contributed by atoms with Crippen LogP contribution < -0.4 is 15.4 Å². The lowest BCUT2D eigenvalue weighted by Crippen LogP contribution is -2.12. The van der Waals surface area contributed by atoms with Gasteiger partial charge in [0.1, 0.15) is 11.4 Å². The Labute approximate surface area is 150 Å². The molecule has 128 valence electrons. The summed E-state index contributed by atoms with van der Waals surface area (Å²) < 4.78 is 5.35. The number of benzene rings is 2. The van der Waals surface area contributed by atoms with Gasteiger partial charge in [-0.05, 0) is 43.7 Å². The molecule has 0 atom stereocenters. The largest absolute Gasteiger partial charge is 0.495 e. The summed E-state index contributed by atoms with van der Waals surface area (Å²) in [5.74, 6) is 0.496.